The molecular weight excluding hydrogens is 146 g/mol. The molecule has 2 N–H and O–H groups in total. The largest absolute Gasteiger partial charge is 0.381 e. The van der Waals surface area contributed by atoms with E-state index < -0.39 is 0 Å². The van der Waals surface area contributed by atoms with Crippen molar-refractivity contribution >= 4 is 11.8 Å². The molecular formula is C7H17NOS. The van der Waals surface area contributed by atoms with Gasteiger partial charge in [-0.2, -0.15) is 11.8 Å². The summed E-state index contributed by atoms with van der Waals surface area (Å²) in [6.07, 6.45) is 0. The molecule has 0 heterocycles. The normalized spacial score (nSPS) is 13.5. The Labute approximate surface area is 67.5 Å². The van der Waals surface area contributed by atoms with Gasteiger partial charge >= 0.3 is 0 Å². The van der Waals surface area contributed by atoms with Crippen molar-refractivity contribution in [2.45, 2.75) is 19.1 Å². The van der Waals surface area contributed by atoms with Crippen molar-refractivity contribution in [3.05, 3.63) is 0 Å². The van der Waals surface area contributed by atoms with Crippen molar-refractivity contribution in [1.29, 1.82) is 0 Å². The van der Waals surface area contributed by atoms with Crippen molar-refractivity contribution < 1.29 is 4.74 Å². The molecule has 0 fully saturated rings. The Bertz CT molecular complexity index is 70.6. The third kappa shape index (κ3) is 6.39. The second-order valence-electron chi connectivity index (χ2n) is 2.11. The molecule has 0 bridgehead atoms. The molecule has 0 radical (unpaired) electrons. The quantitative estimate of drug-likeness (QED) is 0.596. The molecule has 0 aromatic carbocycles. The Morgan fingerprint density at radius 3 is 2.80 bits per heavy atom. The fraction of sp³-hybridized carbons (Fsp3) is 1.00. The van der Waals surface area contributed by atoms with Crippen LogP contribution in [0.15, 0.2) is 0 Å². The van der Waals surface area contributed by atoms with E-state index in [0.717, 1.165) is 25.5 Å². The zero-order chi connectivity index (χ0) is 7.82. The second kappa shape index (κ2) is 7.38. The van der Waals surface area contributed by atoms with Crippen molar-refractivity contribution in [3.63, 3.8) is 0 Å². The summed E-state index contributed by atoms with van der Waals surface area (Å²) < 4.78 is 5.17. The van der Waals surface area contributed by atoms with Gasteiger partial charge in [0.05, 0.1) is 6.61 Å². The molecule has 0 aliphatic heterocycles. The van der Waals surface area contributed by atoms with Crippen LogP contribution in [-0.4, -0.2) is 30.8 Å². The molecule has 10 heavy (non-hydrogen) atoms. The first-order chi connectivity index (χ1) is 4.81. The van der Waals surface area contributed by atoms with Crippen molar-refractivity contribution in [1.82, 2.24) is 0 Å². The summed E-state index contributed by atoms with van der Waals surface area (Å²) in [6.45, 7) is 6.58. The number of thioether (sulfide) groups is 1. The maximum atomic E-state index is 5.43. The lowest BCUT2D eigenvalue weighted by Gasteiger charge is -2.06. The lowest BCUT2D eigenvalue weighted by molar-refractivity contribution is 0.164. The van der Waals surface area contributed by atoms with Crippen LogP contribution in [0.4, 0.5) is 0 Å². The number of hydrogen-bond acceptors (Lipinski definition) is 3. The average molecular weight is 163 g/mol. The first kappa shape index (κ1) is 10.3. The van der Waals surface area contributed by atoms with Gasteiger partial charge in [-0.05, 0) is 6.92 Å². The molecule has 1 atom stereocenters. The standard InChI is InChI=1S/C7H17NOS/c1-3-9-4-5-10-7(2)6-8/h7H,3-6,8H2,1-2H3. The second-order valence-corrected chi connectivity index (χ2v) is 3.66. The molecule has 0 spiro atoms. The Balaban J connectivity index is 2.89. The molecule has 62 valence electrons. The van der Waals surface area contributed by atoms with Gasteiger partial charge in [-0.25, -0.2) is 0 Å². The molecule has 0 aromatic rings. The predicted octanol–water partition coefficient (Wildman–Crippen LogP) is 1.10. The van der Waals surface area contributed by atoms with Gasteiger partial charge in [-0.3, -0.25) is 0 Å². The maximum absolute atomic E-state index is 5.43. The first-order valence-corrected chi connectivity index (χ1v) is 4.75. The molecule has 3 heteroatoms. The van der Waals surface area contributed by atoms with E-state index in [0.29, 0.717) is 5.25 Å². The summed E-state index contributed by atoms with van der Waals surface area (Å²) in [4.78, 5) is 0. The smallest absolute Gasteiger partial charge is 0.0556 e. The highest BCUT2D eigenvalue weighted by Gasteiger charge is 1.97. The van der Waals surface area contributed by atoms with E-state index in [4.69, 9.17) is 10.5 Å². The summed E-state index contributed by atoms with van der Waals surface area (Å²) in [5.74, 6) is 1.06. The molecule has 0 aliphatic carbocycles. The Hall–Kier alpha value is 0.270. The van der Waals surface area contributed by atoms with Gasteiger partial charge in [0.25, 0.3) is 0 Å². The molecule has 0 amide bonds. The van der Waals surface area contributed by atoms with E-state index >= 15 is 0 Å². The van der Waals surface area contributed by atoms with Crippen LogP contribution in [0.5, 0.6) is 0 Å². The zero-order valence-corrected chi connectivity index (χ0v) is 7.62. The third-order valence-corrected chi connectivity index (χ3v) is 2.33. The highest BCUT2D eigenvalue weighted by Crippen LogP contribution is 2.07. The monoisotopic (exact) mass is 163 g/mol. The van der Waals surface area contributed by atoms with Gasteiger partial charge in [-0.1, -0.05) is 6.92 Å². The molecule has 0 aromatic heterocycles. The number of rotatable bonds is 6. The van der Waals surface area contributed by atoms with Crippen LogP contribution in [0.2, 0.25) is 0 Å². The molecule has 0 saturated carbocycles. The van der Waals surface area contributed by atoms with Gasteiger partial charge in [-0.15, -0.1) is 0 Å². The minimum absolute atomic E-state index is 0.570. The molecule has 0 rings (SSSR count). The van der Waals surface area contributed by atoms with E-state index in [-0.39, 0.29) is 0 Å². The summed E-state index contributed by atoms with van der Waals surface area (Å²) in [5, 5.41) is 0.570. The average Bonchev–Trinajstić information content (AvgIpc) is 1.98. The van der Waals surface area contributed by atoms with Gasteiger partial charge in [0.2, 0.25) is 0 Å². The molecule has 2 nitrogen and oxygen atoms in total. The van der Waals surface area contributed by atoms with Crippen LogP contribution in [0.1, 0.15) is 13.8 Å². The van der Waals surface area contributed by atoms with Gasteiger partial charge in [0.1, 0.15) is 0 Å². The third-order valence-electron chi connectivity index (χ3n) is 1.17. The van der Waals surface area contributed by atoms with Crippen LogP contribution >= 0.6 is 11.8 Å². The number of nitrogens with two attached hydrogens (primary N) is 1. The van der Waals surface area contributed by atoms with Gasteiger partial charge in [0, 0.05) is 24.2 Å². The van der Waals surface area contributed by atoms with Crippen molar-refractivity contribution in [2.24, 2.45) is 5.73 Å². The van der Waals surface area contributed by atoms with Crippen LogP contribution < -0.4 is 5.73 Å². The first-order valence-electron chi connectivity index (χ1n) is 3.70. The van der Waals surface area contributed by atoms with E-state index in [1.165, 1.54) is 0 Å². The summed E-state index contributed by atoms with van der Waals surface area (Å²) in [5.41, 5.74) is 5.43. The summed E-state index contributed by atoms with van der Waals surface area (Å²) in [7, 11) is 0. The van der Waals surface area contributed by atoms with Crippen molar-refractivity contribution in [3.8, 4) is 0 Å². The van der Waals surface area contributed by atoms with Gasteiger partial charge < -0.3 is 10.5 Å². The molecule has 1 unspecified atom stereocenters. The lowest BCUT2D eigenvalue weighted by Crippen LogP contribution is -2.14. The molecule has 0 saturated heterocycles. The number of ether oxygens (including phenoxy) is 1. The van der Waals surface area contributed by atoms with Crippen LogP contribution in [0.25, 0.3) is 0 Å². The molecule has 0 aliphatic rings. The van der Waals surface area contributed by atoms with E-state index in [1.54, 1.807) is 0 Å². The zero-order valence-electron chi connectivity index (χ0n) is 6.80. The maximum Gasteiger partial charge on any atom is 0.0556 e. The summed E-state index contributed by atoms with van der Waals surface area (Å²) in [6, 6.07) is 0. The topological polar surface area (TPSA) is 35.2 Å². The van der Waals surface area contributed by atoms with Gasteiger partial charge in [0.15, 0.2) is 0 Å². The van der Waals surface area contributed by atoms with Crippen molar-refractivity contribution in [2.75, 3.05) is 25.5 Å². The summed E-state index contributed by atoms with van der Waals surface area (Å²) >= 11 is 1.87. The highest BCUT2D eigenvalue weighted by atomic mass is 32.2. The van der Waals surface area contributed by atoms with E-state index in [2.05, 4.69) is 6.92 Å². The van der Waals surface area contributed by atoms with Crippen LogP contribution in [-0.2, 0) is 4.74 Å². The number of hydrogen-bond donors (Lipinski definition) is 1. The van der Waals surface area contributed by atoms with E-state index in [1.807, 2.05) is 18.7 Å². The Kier molecular flexibility index (Phi) is 7.58. The fourth-order valence-corrected chi connectivity index (χ4v) is 1.27. The van der Waals surface area contributed by atoms with E-state index in [9.17, 15) is 0 Å². The van der Waals surface area contributed by atoms with Crippen LogP contribution in [0.3, 0.4) is 0 Å². The Morgan fingerprint density at radius 1 is 1.60 bits per heavy atom. The minimum atomic E-state index is 0.570. The highest BCUT2D eigenvalue weighted by molar-refractivity contribution is 7.99. The Morgan fingerprint density at radius 2 is 2.30 bits per heavy atom. The van der Waals surface area contributed by atoms with Crippen LogP contribution in [0, 0.1) is 0 Å². The minimum Gasteiger partial charge on any atom is -0.381 e. The fourth-order valence-electron chi connectivity index (χ4n) is 0.521. The lowest BCUT2D eigenvalue weighted by atomic mass is 10.5. The predicted molar refractivity (Wildman–Crippen MR) is 47.5 cm³/mol. The SMILES string of the molecule is CCOCCSC(C)CN.